The van der Waals surface area contributed by atoms with Crippen LogP contribution in [0.1, 0.15) is 15.9 Å². The van der Waals surface area contributed by atoms with Crippen LogP contribution >= 0.6 is 15.9 Å². The van der Waals surface area contributed by atoms with E-state index in [1.807, 2.05) is 0 Å². The summed E-state index contributed by atoms with van der Waals surface area (Å²) in [4.78, 5) is 21.1. The van der Waals surface area contributed by atoms with Crippen LogP contribution in [0.3, 0.4) is 0 Å². The summed E-state index contributed by atoms with van der Waals surface area (Å²) in [5, 5.41) is 17.2. The molecule has 0 aliphatic heterocycles. The van der Waals surface area contributed by atoms with E-state index in [1.54, 1.807) is 0 Å². The summed E-state index contributed by atoms with van der Waals surface area (Å²) in [6, 6.07) is 2.26. The molecule has 0 amide bonds. The van der Waals surface area contributed by atoms with Crippen molar-refractivity contribution in [2.24, 2.45) is 0 Å². The standard InChI is InChI=1S/C9H6BrFO4/c10-5-1-4(2-7(12)13)8(9(14)15)6(11)3-5/h1,3H,2H2,(H,12,13)(H,14,15). The third kappa shape index (κ3) is 2.76. The lowest BCUT2D eigenvalue weighted by Crippen LogP contribution is -2.10. The molecule has 0 heterocycles. The summed E-state index contributed by atoms with van der Waals surface area (Å²) >= 11 is 2.96. The maximum Gasteiger partial charge on any atom is 0.338 e. The number of carbonyl (C=O) groups is 2. The predicted molar refractivity (Wildman–Crippen MR) is 52.4 cm³/mol. The molecule has 0 fully saturated rings. The summed E-state index contributed by atoms with van der Waals surface area (Å²) < 4.78 is 13.5. The van der Waals surface area contributed by atoms with Gasteiger partial charge in [0, 0.05) is 4.47 Å². The van der Waals surface area contributed by atoms with Gasteiger partial charge in [0.2, 0.25) is 0 Å². The molecule has 80 valence electrons. The highest BCUT2D eigenvalue weighted by atomic mass is 79.9. The van der Waals surface area contributed by atoms with Crippen molar-refractivity contribution in [2.45, 2.75) is 6.42 Å². The van der Waals surface area contributed by atoms with Crippen molar-refractivity contribution >= 4 is 27.9 Å². The third-order valence-electron chi connectivity index (χ3n) is 1.69. The maximum absolute atomic E-state index is 13.2. The first-order valence-corrected chi connectivity index (χ1v) is 4.64. The van der Waals surface area contributed by atoms with Gasteiger partial charge in [-0.1, -0.05) is 15.9 Å². The van der Waals surface area contributed by atoms with Gasteiger partial charge in [-0.15, -0.1) is 0 Å². The van der Waals surface area contributed by atoms with Gasteiger partial charge in [-0.3, -0.25) is 4.79 Å². The maximum atomic E-state index is 13.2. The molecule has 0 bridgehead atoms. The van der Waals surface area contributed by atoms with E-state index in [0.717, 1.165) is 6.07 Å². The van der Waals surface area contributed by atoms with Gasteiger partial charge in [-0.05, 0) is 17.7 Å². The van der Waals surface area contributed by atoms with Gasteiger partial charge in [0.05, 0.1) is 12.0 Å². The van der Waals surface area contributed by atoms with Gasteiger partial charge in [-0.2, -0.15) is 0 Å². The molecule has 0 saturated heterocycles. The number of rotatable bonds is 3. The van der Waals surface area contributed by atoms with E-state index >= 15 is 0 Å². The molecule has 0 spiro atoms. The van der Waals surface area contributed by atoms with E-state index in [-0.39, 0.29) is 5.56 Å². The average Bonchev–Trinajstić information content (AvgIpc) is 1.99. The highest BCUT2D eigenvalue weighted by Gasteiger charge is 2.18. The molecule has 0 atom stereocenters. The van der Waals surface area contributed by atoms with Crippen molar-refractivity contribution in [1.29, 1.82) is 0 Å². The molecular formula is C9H6BrFO4. The fourth-order valence-corrected chi connectivity index (χ4v) is 1.65. The van der Waals surface area contributed by atoms with Crippen LogP contribution in [0.2, 0.25) is 0 Å². The van der Waals surface area contributed by atoms with E-state index < -0.39 is 29.7 Å². The highest BCUT2D eigenvalue weighted by Crippen LogP contribution is 2.21. The first kappa shape index (κ1) is 11.6. The topological polar surface area (TPSA) is 74.6 Å². The van der Waals surface area contributed by atoms with Crippen LogP contribution in [0.5, 0.6) is 0 Å². The minimum absolute atomic E-state index is 0.0677. The number of hydrogen-bond acceptors (Lipinski definition) is 2. The SMILES string of the molecule is O=C(O)Cc1cc(Br)cc(F)c1C(=O)O. The molecule has 4 nitrogen and oxygen atoms in total. The van der Waals surface area contributed by atoms with Crippen molar-refractivity contribution < 1.29 is 24.2 Å². The van der Waals surface area contributed by atoms with Crippen molar-refractivity contribution in [1.82, 2.24) is 0 Å². The molecule has 0 aliphatic carbocycles. The molecule has 0 aliphatic rings. The normalized spacial score (nSPS) is 10.0. The monoisotopic (exact) mass is 276 g/mol. The number of benzene rings is 1. The van der Waals surface area contributed by atoms with E-state index in [4.69, 9.17) is 10.2 Å². The van der Waals surface area contributed by atoms with Crippen LogP contribution in [0.25, 0.3) is 0 Å². The first-order valence-electron chi connectivity index (χ1n) is 3.85. The Balaban J connectivity index is 3.33. The Hall–Kier alpha value is -1.43. The number of carboxylic acids is 2. The van der Waals surface area contributed by atoms with Gasteiger partial charge in [0.25, 0.3) is 0 Å². The number of carboxylic acid groups (broad SMARTS) is 2. The Morgan fingerprint density at radius 3 is 2.40 bits per heavy atom. The van der Waals surface area contributed by atoms with Crippen LogP contribution in [-0.4, -0.2) is 22.2 Å². The van der Waals surface area contributed by atoms with Gasteiger partial charge >= 0.3 is 11.9 Å². The summed E-state index contributed by atoms with van der Waals surface area (Å²) in [5.41, 5.74) is -0.664. The molecule has 0 radical (unpaired) electrons. The van der Waals surface area contributed by atoms with E-state index in [1.165, 1.54) is 6.07 Å². The quantitative estimate of drug-likeness (QED) is 0.885. The Morgan fingerprint density at radius 2 is 1.93 bits per heavy atom. The minimum atomic E-state index is -1.48. The number of aliphatic carboxylic acids is 1. The first-order chi connectivity index (χ1) is 6.91. The number of hydrogen-bond donors (Lipinski definition) is 2. The fourth-order valence-electron chi connectivity index (χ4n) is 1.17. The Morgan fingerprint density at radius 1 is 1.33 bits per heavy atom. The van der Waals surface area contributed by atoms with Crippen LogP contribution in [0.15, 0.2) is 16.6 Å². The molecule has 0 unspecified atom stereocenters. The zero-order valence-corrected chi connectivity index (χ0v) is 8.91. The molecule has 2 N–H and O–H groups in total. The van der Waals surface area contributed by atoms with Crippen LogP contribution in [0.4, 0.5) is 4.39 Å². The van der Waals surface area contributed by atoms with E-state index in [9.17, 15) is 14.0 Å². The highest BCUT2D eigenvalue weighted by molar-refractivity contribution is 9.10. The lowest BCUT2D eigenvalue weighted by molar-refractivity contribution is -0.136. The molecule has 15 heavy (non-hydrogen) atoms. The second-order valence-electron chi connectivity index (χ2n) is 2.80. The Bertz CT molecular complexity index is 430. The second kappa shape index (κ2) is 4.39. The fraction of sp³-hybridized carbons (Fsp3) is 0.111. The van der Waals surface area contributed by atoms with Gasteiger partial charge in [0.1, 0.15) is 5.82 Å². The largest absolute Gasteiger partial charge is 0.481 e. The Kier molecular flexibility index (Phi) is 3.41. The summed E-state index contributed by atoms with van der Waals surface area (Å²) in [6.07, 6.45) is -0.530. The van der Waals surface area contributed by atoms with Crippen molar-refractivity contribution in [3.8, 4) is 0 Å². The van der Waals surface area contributed by atoms with Crippen LogP contribution < -0.4 is 0 Å². The van der Waals surface area contributed by atoms with E-state index in [0.29, 0.717) is 4.47 Å². The van der Waals surface area contributed by atoms with Gasteiger partial charge in [-0.25, -0.2) is 9.18 Å². The molecular weight excluding hydrogens is 271 g/mol. The predicted octanol–water partition coefficient (Wildman–Crippen LogP) is 1.91. The molecule has 6 heteroatoms. The zero-order valence-electron chi connectivity index (χ0n) is 7.33. The summed E-state index contributed by atoms with van der Waals surface area (Å²) in [5.74, 6) is -3.64. The molecule has 1 aromatic carbocycles. The molecule has 0 saturated carbocycles. The molecule has 1 rings (SSSR count). The lowest BCUT2D eigenvalue weighted by atomic mass is 10.0. The van der Waals surface area contributed by atoms with Crippen LogP contribution in [0, 0.1) is 5.82 Å². The van der Waals surface area contributed by atoms with Crippen molar-refractivity contribution in [2.75, 3.05) is 0 Å². The second-order valence-corrected chi connectivity index (χ2v) is 3.71. The zero-order chi connectivity index (χ0) is 11.6. The van der Waals surface area contributed by atoms with Gasteiger partial charge in [0.15, 0.2) is 0 Å². The van der Waals surface area contributed by atoms with E-state index in [2.05, 4.69) is 15.9 Å². The lowest BCUT2D eigenvalue weighted by Gasteiger charge is -2.05. The average molecular weight is 277 g/mol. The smallest absolute Gasteiger partial charge is 0.338 e. The molecule has 0 aromatic heterocycles. The third-order valence-corrected chi connectivity index (χ3v) is 2.15. The Labute approximate surface area is 92.5 Å². The number of halogens is 2. The summed E-state index contributed by atoms with van der Waals surface area (Å²) in [6.45, 7) is 0. The number of aromatic carboxylic acids is 1. The van der Waals surface area contributed by atoms with Crippen molar-refractivity contribution in [3.63, 3.8) is 0 Å². The van der Waals surface area contributed by atoms with Gasteiger partial charge < -0.3 is 10.2 Å². The molecule has 1 aromatic rings. The van der Waals surface area contributed by atoms with Crippen molar-refractivity contribution in [3.05, 3.63) is 33.5 Å². The summed E-state index contributed by atoms with van der Waals surface area (Å²) in [7, 11) is 0. The van der Waals surface area contributed by atoms with Crippen LogP contribution in [-0.2, 0) is 11.2 Å². The minimum Gasteiger partial charge on any atom is -0.481 e.